The number of rotatable bonds is 13. The van der Waals surface area contributed by atoms with E-state index in [0.29, 0.717) is 18.5 Å². The fraction of sp³-hybridized carbons (Fsp3) is 0.886. The lowest BCUT2D eigenvalue weighted by molar-refractivity contribution is -0.0581. The number of carbonyl (C=O) groups is 2. The third-order valence-electron chi connectivity index (χ3n) is 12.2. The molecule has 0 heterocycles. The molecular weight excluding hydrogens is 512 g/mol. The van der Waals surface area contributed by atoms with Gasteiger partial charge in [0.05, 0.1) is 0 Å². The smallest absolute Gasteiger partial charge is 0.407 e. The zero-order valence-corrected chi connectivity index (χ0v) is 26.8. The maximum atomic E-state index is 12.5. The lowest BCUT2D eigenvalue weighted by Gasteiger charge is -2.58. The third kappa shape index (κ3) is 7.63. The van der Waals surface area contributed by atoms with Crippen molar-refractivity contribution in [2.24, 2.45) is 46.3 Å². The summed E-state index contributed by atoms with van der Waals surface area (Å²) >= 11 is 0. The van der Waals surface area contributed by atoms with Crippen LogP contribution in [-0.2, 0) is 4.74 Å². The van der Waals surface area contributed by atoms with Crippen LogP contribution in [0.4, 0.5) is 9.59 Å². The minimum absolute atomic E-state index is 0.00984. The van der Waals surface area contributed by atoms with E-state index in [1.807, 2.05) is 0 Å². The van der Waals surface area contributed by atoms with Crippen molar-refractivity contribution >= 4 is 12.2 Å². The van der Waals surface area contributed by atoms with Crippen molar-refractivity contribution < 1.29 is 19.4 Å². The predicted octanol–water partition coefficient (Wildman–Crippen LogP) is 8.95. The van der Waals surface area contributed by atoms with Crippen LogP contribution < -0.4 is 10.6 Å². The van der Waals surface area contributed by atoms with Crippen LogP contribution in [0.1, 0.15) is 131 Å². The number of fused-ring (bicyclic) bond motifs is 5. The number of ether oxygens (including phenoxy) is 1. The number of carboxylic acid groups (broad SMARTS) is 1. The first-order chi connectivity index (χ1) is 19.5. The van der Waals surface area contributed by atoms with E-state index < -0.39 is 6.09 Å². The summed E-state index contributed by atoms with van der Waals surface area (Å²) in [5.41, 5.74) is 2.36. The standard InChI is InChI=1S/C35H60N2O4/c1-24(2)11-10-12-25(3)29-15-16-30-28-14-13-26-23-27(17-19-34(26,4)31(28)18-20-35(29,30)5)41-33(40)37-22-9-7-6-8-21-36-32(38)39/h13,24-25,27-31,36H,6-12,14-23H2,1-5H3,(H,37,40)(H,38,39)/t25-,27+,28+,29-,30+,31+,34+,35-/m1/s1. The third-order valence-corrected chi connectivity index (χ3v) is 12.2. The summed E-state index contributed by atoms with van der Waals surface area (Å²) in [5, 5.41) is 13.9. The molecule has 0 aromatic heterocycles. The molecule has 4 aliphatic carbocycles. The van der Waals surface area contributed by atoms with Crippen molar-refractivity contribution in [3.8, 4) is 0 Å². The first kappa shape index (κ1) is 32.2. The molecule has 3 N–H and O–H groups in total. The fourth-order valence-electron chi connectivity index (χ4n) is 9.94. The first-order valence-electron chi connectivity index (χ1n) is 17.2. The van der Waals surface area contributed by atoms with Crippen LogP contribution in [0.2, 0.25) is 0 Å². The molecule has 0 unspecified atom stereocenters. The normalized spacial score (nSPS) is 35.1. The van der Waals surface area contributed by atoms with E-state index in [0.717, 1.165) is 80.5 Å². The van der Waals surface area contributed by atoms with Crippen LogP contribution in [0.3, 0.4) is 0 Å². The average molecular weight is 573 g/mol. The Kier molecular flexibility index (Phi) is 11.1. The lowest BCUT2D eigenvalue weighted by atomic mass is 9.47. The van der Waals surface area contributed by atoms with E-state index in [1.54, 1.807) is 5.57 Å². The Balaban J connectivity index is 1.24. The van der Waals surface area contributed by atoms with E-state index in [4.69, 9.17) is 9.84 Å². The summed E-state index contributed by atoms with van der Waals surface area (Å²) in [4.78, 5) is 23.0. The first-order valence-corrected chi connectivity index (χ1v) is 17.2. The van der Waals surface area contributed by atoms with Gasteiger partial charge in [-0.25, -0.2) is 9.59 Å². The van der Waals surface area contributed by atoms with Crippen LogP contribution in [0, 0.1) is 46.3 Å². The molecule has 41 heavy (non-hydrogen) atoms. The Bertz CT molecular complexity index is 918. The molecule has 4 rings (SSSR count). The van der Waals surface area contributed by atoms with Crippen LogP contribution in [-0.4, -0.2) is 36.5 Å². The van der Waals surface area contributed by atoms with E-state index in [2.05, 4.69) is 51.3 Å². The van der Waals surface area contributed by atoms with E-state index in [1.165, 1.54) is 51.4 Å². The van der Waals surface area contributed by atoms with E-state index in [9.17, 15) is 9.59 Å². The molecule has 6 heteroatoms. The number of hydrogen-bond acceptors (Lipinski definition) is 3. The average Bonchev–Trinajstić information content (AvgIpc) is 3.27. The molecule has 0 bridgehead atoms. The van der Waals surface area contributed by atoms with Gasteiger partial charge in [-0.05, 0) is 104 Å². The molecule has 0 radical (unpaired) electrons. The molecule has 8 atom stereocenters. The number of hydrogen-bond donors (Lipinski definition) is 3. The zero-order chi connectivity index (χ0) is 29.6. The van der Waals surface area contributed by atoms with E-state index in [-0.39, 0.29) is 17.6 Å². The highest BCUT2D eigenvalue weighted by Gasteiger charge is 2.59. The molecule has 0 aliphatic heterocycles. The number of amides is 2. The van der Waals surface area contributed by atoms with Gasteiger partial charge in [0.1, 0.15) is 6.10 Å². The van der Waals surface area contributed by atoms with Crippen molar-refractivity contribution in [1.29, 1.82) is 0 Å². The quantitative estimate of drug-likeness (QED) is 0.152. The lowest BCUT2D eigenvalue weighted by Crippen LogP contribution is -2.51. The zero-order valence-electron chi connectivity index (χ0n) is 26.8. The van der Waals surface area contributed by atoms with Crippen molar-refractivity contribution in [2.45, 2.75) is 137 Å². The summed E-state index contributed by atoms with van der Waals surface area (Å²) in [7, 11) is 0. The van der Waals surface area contributed by atoms with Gasteiger partial charge in [0, 0.05) is 19.5 Å². The fourth-order valence-corrected chi connectivity index (χ4v) is 9.94. The number of allylic oxidation sites excluding steroid dienone is 1. The van der Waals surface area contributed by atoms with Crippen molar-refractivity contribution in [3.05, 3.63) is 11.6 Å². The topological polar surface area (TPSA) is 87.7 Å². The van der Waals surface area contributed by atoms with Gasteiger partial charge in [0.25, 0.3) is 0 Å². The molecule has 234 valence electrons. The Hall–Kier alpha value is -1.72. The summed E-state index contributed by atoms with van der Waals surface area (Å²) < 4.78 is 5.90. The van der Waals surface area contributed by atoms with Crippen LogP contribution >= 0.6 is 0 Å². The highest BCUT2D eigenvalue weighted by atomic mass is 16.6. The Labute approximate surface area is 250 Å². The molecule has 6 nitrogen and oxygen atoms in total. The minimum atomic E-state index is -0.970. The van der Waals surface area contributed by atoms with Crippen molar-refractivity contribution in [1.82, 2.24) is 10.6 Å². The highest BCUT2D eigenvalue weighted by Crippen LogP contribution is 2.67. The van der Waals surface area contributed by atoms with Gasteiger partial charge >= 0.3 is 12.2 Å². The van der Waals surface area contributed by atoms with Gasteiger partial charge in [-0.15, -0.1) is 0 Å². The van der Waals surface area contributed by atoms with Crippen LogP contribution in [0.5, 0.6) is 0 Å². The Morgan fingerprint density at radius 3 is 2.37 bits per heavy atom. The molecule has 0 aromatic rings. The van der Waals surface area contributed by atoms with Gasteiger partial charge in [0.2, 0.25) is 0 Å². The summed E-state index contributed by atoms with van der Waals surface area (Å²) in [6.07, 6.45) is 19.0. The molecular formula is C35H60N2O4. The number of alkyl carbamates (subject to hydrolysis) is 1. The second-order valence-electron chi connectivity index (χ2n) is 15.1. The monoisotopic (exact) mass is 572 g/mol. The van der Waals surface area contributed by atoms with E-state index >= 15 is 0 Å². The summed E-state index contributed by atoms with van der Waals surface area (Å²) in [6.45, 7) is 13.6. The maximum absolute atomic E-state index is 12.5. The maximum Gasteiger partial charge on any atom is 0.407 e. The number of unbranched alkanes of at least 4 members (excludes halogenated alkanes) is 3. The number of nitrogens with one attached hydrogen (secondary N) is 2. The second-order valence-corrected chi connectivity index (χ2v) is 15.1. The molecule has 0 saturated heterocycles. The molecule has 3 saturated carbocycles. The Morgan fingerprint density at radius 1 is 0.927 bits per heavy atom. The molecule has 2 amide bonds. The molecule has 3 fully saturated rings. The minimum Gasteiger partial charge on any atom is -0.465 e. The predicted molar refractivity (Wildman–Crippen MR) is 166 cm³/mol. The highest BCUT2D eigenvalue weighted by molar-refractivity contribution is 5.67. The van der Waals surface area contributed by atoms with Gasteiger partial charge in [0.15, 0.2) is 0 Å². The van der Waals surface area contributed by atoms with Crippen LogP contribution in [0.25, 0.3) is 0 Å². The van der Waals surface area contributed by atoms with Crippen molar-refractivity contribution in [3.63, 3.8) is 0 Å². The van der Waals surface area contributed by atoms with Gasteiger partial charge < -0.3 is 20.5 Å². The molecule has 0 aromatic carbocycles. The van der Waals surface area contributed by atoms with Gasteiger partial charge in [-0.2, -0.15) is 0 Å². The summed E-state index contributed by atoms with van der Waals surface area (Å²) in [5.74, 6) is 5.07. The second kappa shape index (κ2) is 14.2. The molecule has 4 aliphatic rings. The number of carbonyl (C=O) groups excluding carboxylic acids is 1. The van der Waals surface area contributed by atoms with Gasteiger partial charge in [-0.1, -0.05) is 78.4 Å². The largest absolute Gasteiger partial charge is 0.465 e. The van der Waals surface area contributed by atoms with Crippen molar-refractivity contribution in [2.75, 3.05) is 13.1 Å². The molecule has 0 spiro atoms. The SMILES string of the molecule is CC(C)CCC[C@@H](C)[C@H]1CC[C@H]2[C@@H]3CC=C4C[C@@H](OC(=O)NCCCCCCNC(=O)O)CC[C@]4(C)[C@H]3CC[C@]12C. The van der Waals surface area contributed by atoms with Gasteiger partial charge in [-0.3, -0.25) is 0 Å². The Morgan fingerprint density at radius 2 is 1.66 bits per heavy atom. The summed E-state index contributed by atoms with van der Waals surface area (Å²) in [6, 6.07) is 0. The van der Waals surface area contributed by atoms with Crippen LogP contribution in [0.15, 0.2) is 11.6 Å².